The van der Waals surface area contributed by atoms with Crippen LogP contribution in [0.3, 0.4) is 0 Å². The standard InChI is InChI=1S/C24H32ClN3O4S/c1-16(2)26-24(30)19(5)27(14-20-10-8-11-21(25)13-20)23(29)15-28(33(6,31)32)22-12-7-9-17(3)18(22)4/h7-13,16,19H,14-15H2,1-6H3,(H,26,30)/t19-/m1/s1. The van der Waals surface area contributed by atoms with E-state index in [1.165, 1.54) is 4.90 Å². The highest BCUT2D eigenvalue weighted by atomic mass is 35.5. The van der Waals surface area contributed by atoms with Crippen LogP contribution in [0, 0.1) is 13.8 Å². The van der Waals surface area contributed by atoms with Crippen LogP contribution in [-0.2, 0) is 26.2 Å². The van der Waals surface area contributed by atoms with Crippen molar-refractivity contribution >= 4 is 39.1 Å². The fourth-order valence-electron chi connectivity index (χ4n) is 3.42. The molecule has 0 heterocycles. The van der Waals surface area contributed by atoms with Gasteiger partial charge in [-0.25, -0.2) is 8.42 Å². The number of hydrogen-bond acceptors (Lipinski definition) is 4. The molecule has 0 saturated carbocycles. The number of carbonyl (C=O) groups excluding carboxylic acids is 2. The van der Waals surface area contributed by atoms with Crippen LogP contribution in [0.5, 0.6) is 0 Å². The summed E-state index contributed by atoms with van der Waals surface area (Å²) in [6.07, 6.45) is 1.07. The van der Waals surface area contributed by atoms with Crippen LogP contribution in [0.25, 0.3) is 0 Å². The zero-order valence-corrected chi connectivity index (χ0v) is 21.5. The molecule has 0 bridgehead atoms. The minimum Gasteiger partial charge on any atom is -0.352 e. The lowest BCUT2D eigenvalue weighted by Gasteiger charge is -2.32. The summed E-state index contributed by atoms with van der Waals surface area (Å²) in [5.41, 5.74) is 2.85. The van der Waals surface area contributed by atoms with Crippen molar-refractivity contribution in [3.8, 4) is 0 Å². The molecule has 0 aliphatic carbocycles. The number of sulfonamides is 1. The van der Waals surface area contributed by atoms with Crippen molar-refractivity contribution in [2.45, 2.75) is 53.2 Å². The molecule has 0 fully saturated rings. The first kappa shape index (κ1) is 26.7. The third kappa shape index (κ3) is 7.20. The first-order chi connectivity index (χ1) is 15.3. The van der Waals surface area contributed by atoms with Gasteiger partial charge in [0.15, 0.2) is 0 Å². The van der Waals surface area contributed by atoms with Gasteiger partial charge in [-0.2, -0.15) is 0 Å². The van der Waals surface area contributed by atoms with Gasteiger partial charge in [0.2, 0.25) is 21.8 Å². The lowest BCUT2D eigenvalue weighted by Crippen LogP contribution is -2.52. The molecule has 0 aromatic heterocycles. The second kappa shape index (κ2) is 11.0. The van der Waals surface area contributed by atoms with Crippen molar-refractivity contribution in [1.29, 1.82) is 0 Å². The Morgan fingerprint density at radius 2 is 1.70 bits per heavy atom. The van der Waals surface area contributed by atoms with Crippen LogP contribution < -0.4 is 9.62 Å². The Hall–Kier alpha value is -2.58. The van der Waals surface area contributed by atoms with Gasteiger partial charge in [-0.3, -0.25) is 13.9 Å². The number of benzene rings is 2. The van der Waals surface area contributed by atoms with Crippen molar-refractivity contribution in [3.63, 3.8) is 0 Å². The van der Waals surface area contributed by atoms with E-state index < -0.39 is 28.5 Å². The van der Waals surface area contributed by atoms with Gasteiger partial charge in [0.05, 0.1) is 11.9 Å². The van der Waals surface area contributed by atoms with Crippen LogP contribution in [0.2, 0.25) is 5.02 Å². The summed E-state index contributed by atoms with van der Waals surface area (Å²) >= 11 is 6.11. The molecule has 1 atom stereocenters. The molecule has 0 unspecified atom stereocenters. The van der Waals surface area contributed by atoms with Crippen molar-refractivity contribution in [3.05, 3.63) is 64.2 Å². The van der Waals surface area contributed by atoms with Crippen molar-refractivity contribution in [2.24, 2.45) is 0 Å². The molecule has 7 nitrogen and oxygen atoms in total. The molecule has 2 rings (SSSR count). The summed E-state index contributed by atoms with van der Waals surface area (Å²) in [4.78, 5) is 27.6. The second-order valence-corrected chi connectivity index (χ2v) is 10.8. The first-order valence-corrected chi connectivity index (χ1v) is 12.9. The van der Waals surface area contributed by atoms with Gasteiger partial charge in [-0.15, -0.1) is 0 Å². The average Bonchev–Trinajstić information content (AvgIpc) is 2.70. The smallest absolute Gasteiger partial charge is 0.244 e. The predicted molar refractivity (Wildman–Crippen MR) is 133 cm³/mol. The topological polar surface area (TPSA) is 86.8 Å². The number of rotatable bonds is 9. The Labute approximate surface area is 201 Å². The number of amides is 2. The summed E-state index contributed by atoms with van der Waals surface area (Å²) in [6.45, 7) is 8.67. The van der Waals surface area contributed by atoms with Gasteiger partial charge in [0.25, 0.3) is 0 Å². The van der Waals surface area contributed by atoms with E-state index in [-0.39, 0.29) is 18.5 Å². The molecule has 0 aliphatic rings. The normalized spacial score (nSPS) is 12.4. The zero-order valence-electron chi connectivity index (χ0n) is 19.9. The SMILES string of the molecule is Cc1cccc(N(CC(=O)N(Cc2cccc(Cl)c2)[C@H](C)C(=O)NC(C)C)S(C)(=O)=O)c1C. The lowest BCUT2D eigenvalue weighted by atomic mass is 10.1. The Bertz CT molecular complexity index is 1120. The van der Waals surface area contributed by atoms with E-state index in [4.69, 9.17) is 11.6 Å². The van der Waals surface area contributed by atoms with Gasteiger partial charge in [0, 0.05) is 17.6 Å². The highest BCUT2D eigenvalue weighted by molar-refractivity contribution is 7.92. The Balaban J connectivity index is 2.44. The highest BCUT2D eigenvalue weighted by Gasteiger charge is 2.30. The zero-order chi connectivity index (χ0) is 24.9. The monoisotopic (exact) mass is 493 g/mol. The van der Waals surface area contributed by atoms with Crippen LogP contribution in [0.1, 0.15) is 37.5 Å². The molecule has 9 heteroatoms. The number of nitrogens with zero attached hydrogens (tertiary/aromatic N) is 2. The fraction of sp³-hybridized carbons (Fsp3) is 0.417. The van der Waals surface area contributed by atoms with Crippen molar-refractivity contribution in [2.75, 3.05) is 17.1 Å². The number of halogens is 1. The third-order valence-corrected chi connectivity index (χ3v) is 6.73. The first-order valence-electron chi connectivity index (χ1n) is 10.7. The second-order valence-electron chi connectivity index (χ2n) is 8.48. The molecule has 0 aliphatic heterocycles. The Morgan fingerprint density at radius 3 is 2.27 bits per heavy atom. The lowest BCUT2D eigenvalue weighted by molar-refractivity contribution is -0.139. The number of nitrogens with one attached hydrogen (secondary N) is 1. The summed E-state index contributed by atoms with van der Waals surface area (Å²) in [7, 11) is -3.77. The van der Waals surface area contributed by atoms with E-state index in [2.05, 4.69) is 5.32 Å². The number of anilines is 1. The average molecular weight is 494 g/mol. The summed E-state index contributed by atoms with van der Waals surface area (Å²) in [5.74, 6) is -0.814. The molecule has 2 aromatic carbocycles. The maximum atomic E-state index is 13.5. The van der Waals surface area contributed by atoms with Crippen molar-refractivity contribution in [1.82, 2.24) is 10.2 Å². The number of aryl methyl sites for hydroxylation is 1. The van der Waals surface area contributed by atoms with E-state index in [0.717, 1.165) is 27.3 Å². The third-order valence-electron chi connectivity index (χ3n) is 5.36. The van der Waals surface area contributed by atoms with E-state index in [0.29, 0.717) is 10.7 Å². The maximum absolute atomic E-state index is 13.5. The molecule has 1 N–H and O–H groups in total. The summed E-state index contributed by atoms with van der Waals surface area (Å²) in [6, 6.07) is 11.4. The largest absolute Gasteiger partial charge is 0.352 e. The minimum absolute atomic E-state index is 0.106. The number of carbonyl (C=O) groups is 2. The molecule has 33 heavy (non-hydrogen) atoms. The van der Waals surface area contributed by atoms with Crippen molar-refractivity contribution < 1.29 is 18.0 Å². The molecule has 180 valence electrons. The Kier molecular flexibility index (Phi) is 8.91. The molecular formula is C24H32ClN3O4S. The van der Waals surface area contributed by atoms with Gasteiger partial charge < -0.3 is 10.2 Å². The summed E-state index contributed by atoms with van der Waals surface area (Å²) in [5, 5.41) is 3.32. The van der Waals surface area contributed by atoms with E-state index in [1.807, 2.05) is 33.8 Å². The fourth-order valence-corrected chi connectivity index (χ4v) is 4.53. The molecule has 0 saturated heterocycles. The van der Waals surface area contributed by atoms with Gasteiger partial charge in [0.1, 0.15) is 12.6 Å². The maximum Gasteiger partial charge on any atom is 0.244 e. The van der Waals surface area contributed by atoms with E-state index >= 15 is 0 Å². The van der Waals surface area contributed by atoms with Crippen LogP contribution in [-0.4, -0.2) is 50.0 Å². The highest BCUT2D eigenvalue weighted by Crippen LogP contribution is 2.25. The summed E-state index contributed by atoms with van der Waals surface area (Å²) < 4.78 is 26.4. The van der Waals surface area contributed by atoms with E-state index in [1.54, 1.807) is 43.3 Å². The Morgan fingerprint density at radius 1 is 1.06 bits per heavy atom. The van der Waals surface area contributed by atoms with Crippen LogP contribution in [0.15, 0.2) is 42.5 Å². The van der Waals surface area contributed by atoms with Crippen LogP contribution in [0.4, 0.5) is 5.69 Å². The molecule has 2 aromatic rings. The van der Waals surface area contributed by atoms with Gasteiger partial charge in [-0.05, 0) is 69.5 Å². The molecule has 2 amide bonds. The quantitative estimate of drug-likeness (QED) is 0.577. The van der Waals surface area contributed by atoms with Gasteiger partial charge >= 0.3 is 0 Å². The molecular weight excluding hydrogens is 462 g/mol. The van der Waals surface area contributed by atoms with Crippen LogP contribution >= 0.6 is 11.6 Å². The number of hydrogen-bond donors (Lipinski definition) is 1. The van der Waals surface area contributed by atoms with Gasteiger partial charge in [-0.1, -0.05) is 35.9 Å². The predicted octanol–water partition coefficient (Wildman–Crippen LogP) is 3.66. The molecule has 0 spiro atoms. The minimum atomic E-state index is -3.77. The van der Waals surface area contributed by atoms with E-state index in [9.17, 15) is 18.0 Å². The molecule has 0 radical (unpaired) electrons.